The summed E-state index contributed by atoms with van der Waals surface area (Å²) in [7, 11) is 0. The fourth-order valence-electron chi connectivity index (χ4n) is 4.62. The van der Waals surface area contributed by atoms with Crippen LogP contribution in [0, 0.1) is 5.92 Å². The number of hydrazine groups is 1. The molecule has 2 aliphatic rings. The number of furan rings is 1. The monoisotopic (exact) mass is 457 g/mol. The number of carbonyl (C=O) groups is 2. The molecule has 3 aromatic rings. The lowest BCUT2D eigenvalue weighted by molar-refractivity contribution is -0.123. The van der Waals surface area contributed by atoms with Crippen molar-refractivity contribution in [3.05, 3.63) is 96.5 Å². The van der Waals surface area contributed by atoms with Gasteiger partial charge >= 0.3 is 0 Å². The van der Waals surface area contributed by atoms with E-state index in [1.165, 1.54) is 16.7 Å². The summed E-state index contributed by atoms with van der Waals surface area (Å²) in [6.07, 6.45) is 3.95. The maximum absolute atomic E-state index is 13.6. The van der Waals surface area contributed by atoms with E-state index in [1.807, 2.05) is 30.3 Å². The molecule has 1 saturated heterocycles. The second-order valence-electron chi connectivity index (χ2n) is 8.95. The summed E-state index contributed by atoms with van der Waals surface area (Å²) in [5, 5.41) is 12.8. The highest BCUT2D eigenvalue weighted by Gasteiger charge is 2.54. The molecule has 7 nitrogen and oxygen atoms in total. The van der Waals surface area contributed by atoms with Gasteiger partial charge in [0.1, 0.15) is 17.9 Å². The molecule has 7 heteroatoms. The molecule has 0 saturated carbocycles. The molecule has 174 valence electrons. The lowest BCUT2D eigenvalue weighted by Gasteiger charge is -2.40. The van der Waals surface area contributed by atoms with Crippen molar-refractivity contribution in [2.45, 2.75) is 38.0 Å². The van der Waals surface area contributed by atoms with Gasteiger partial charge in [0.2, 0.25) is 5.91 Å². The Morgan fingerprint density at radius 1 is 0.912 bits per heavy atom. The minimum atomic E-state index is -1.04. The molecule has 34 heavy (non-hydrogen) atoms. The fourth-order valence-corrected chi connectivity index (χ4v) is 4.62. The Morgan fingerprint density at radius 2 is 1.65 bits per heavy atom. The summed E-state index contributed by atoms with van der Waals surface area (Å²) in [6, 6.07) is 18.8. The highest BCUT2D eigenvalue weighted by atomic mass is 16.4. The summed E-state index contributed by atoms with van der Waals surface area (Å²) < 4.78 is 5.44. The number of carbonyl (C=O) groups excluding carboxylic acids is 2. The number of hydrogen-bond donors (Lipinski definition) is 2. The predicted octanol–water partition coefficient (Wildman–Crippen LogP) is 4.26. The summed E-state index contributed by atoms with van der Waals surface area (Å²) in [4.78, 5) is 28.2. The Bertz CT molecular complexity index is 1190. The number of hydrogen-bond acceptors (Lipinski definition) is 6. The van der Waals surface area contributed by atoms with E-state index in [0.29, 0.717) is 17.4 Å². The van der Waals surface area contributed by atoms with Gasteiger partial charge in [0.15, 0.2) is 0 Å². The molecule has 1 aromatic heterocycles. The molecule has 2 aromatic carbocycles. The number of fused-ring (bicyclic) bond motifs is 1. The molecule has 2 amide bonds. The molecular weight excluding hydrogens is 430 g/mol. The van der Waals surface area contributed by atoms with E-state index in [-0.39, 0.29) is 11.8 Å². The zero-order valence-corrected chi connectivity index (χ0v) is 19.0. The Kier molecular flexibility index (Phi) is 5.81. The molecule has 2 aliphatic heterocycles. The zero-order chi connectivity index (χ0) is 23.8. The van der Waals surface area contributed by atoms with Crippen LogP contribution in [-0.4, -0.2) is 34.0 Å². The summed E-state index contributed by atoms with van der Waals surface area (Å²) >= 11 is 0. The zero-order valence-electron chi connectivity index (χ0n) is 19.0. The van der Waals surface area contributed by atoms with Gasteiger partial charge in [-0.1, -0.05) is 56.3 Å². The summed E-state index contributed by atoms with van der Waals surface area (Å²) in [6.45, 7) is 4.25. The largest absolute Gasteiger partial charge is 0.467 e. The molecule has 0 spiro atoms. The van der Waals surface area contributed by atoms with E-state index in [4.69, 9.17) is 4.42 Å². The third-order valence-corrected chi connectivity index (χ3v) is 6.46. The number of benzene rings is 2. The Hall–Kier alpha value is -3.68. The van der Waals surface area contributed by atoms with Crippen molar-refractivity contribution in [1.82, 2.24) is 5.01 Å². The predicted molar refractivity (Wildman–Crippen MR) is 129 cm³/mol. The van der Waals surface area contributed by atoms with Crippen LogP contribution in [0.1, 0.15) is 37.2 Å². The van der Waals surface area contributed by atoms with E-state index >= 15 is 0 Å². The number of anilines is 2. The third kappa shape index (κ3) is 3.83. The van der Waals surface area contributed by atoms with E-state index in [9.17, 15) is 14.7 Å². The summed E-state index contributed by atoms with van der Waals surface area (Å²) in [5.41, 5.74) is 5.80. The number of aliphatic hydroxyl groups excluding tert-OH is 1. The standard InChI is InChI=1S/C27H27N3O4/c1-17(2)18-10-12-19(13-11-18)28-30-22(25(31)23-9-6-16-34-23)15-14-21-24(30)27(33)29(26(21)32)20-7-4-3-5-8-20/h3-17,21-22,24-25,28,31H,1-2H3. The van der Waals surface area contributed by atoms with Crippen molar-refractivity contribution in [3.8, 4) is 0 Å². The average molecular weight is 458 g/mol. The number of imide groups is 1. The number of rotatable bonds is 6. The highest BCUT2D eigenvalue weighted by molar-refractivity contribution is 6.24. The molecule has 0 radical (unpaired) electrons. The van der Waals surface area contributed by atoms with Crippen LogP contribution in [0.15, 0.2) is 89.6 Å². The van der Waals surface area contributed by atoms with E-state index in [1.54, 1.807) is 53.6 Å². The van der Waals surface area contributed by atoms with Gasteiger partial charge < -0.3 is 14.9 Å². The smallest absolute Gasteiger partial charge is 0.254 e. The van der Waals surface area contributed by atoms with E-state index < -0.39 is 24.1 Å². The van der Waals surface area contributed by atoms with Gasteiger partial charge in [-0.25, -0.2) is 9.91 Å². The normalized spacial score (nSPS) is 23.4. The molecule has 3 heterocycles. The topological polar surface area (TPSA) is 86.0 Å². The SMILES string of the molecule is CC(C)c1ccc(NN2C(C(O)c3ccco3)C=CC3C(=O)N(c4ccccc4)C(=O)C32)cc1. The van der Waals surface area contributed by atoms with Gasteiger partial charge in [0.05, 0.1) is 23.9 Å². The van der Waals surface area contributed by atoms with Crippen molar-refractivity contribution < 1.29 is 19.1 Å². The Balaban J connectivity index is 1.52. The minimum Gasteiger partial charge on any atom is -0.467 e. The second kappa shape index (κ2) is 8.93. The van der Waals surface area contributed by atoms with Gasteiger partial charge in [-0.3, -0.25) is 9.59 Å². The van der Waals surface area contributed by atoms with Crippen molar-refractivity contribution >= 4 is 23.2 Å². The van der Waals surface area contributed by atoms with E-state index in [2.05, 4.69) is 19.3 Å². The summed E-state index contributed by atoms with van der Waals surface area (Å²) in [5.74, 6) is -0.529. The van der Waals surface area contributed by atoms with Crippen molar-refractivity contribution in [2.24, 2.45) is 5.92 Å². The minimum absolute atomic E-state index is 0.287. The van der Waals surface area contributed by atoms with Gasteiger partial charge in [0.25, 0.3) is 5.91 Å². The maximum atomic E-state index is 13.6. The number of para-hydroxylation sites is 1. The van der Waals surface area contributed by atoms with Crippen LogP contribution in [0.3, 0.4) is 0 Å². The van der Waals surface area contributed by atoms with Crippen LogP contribution in [0.2, 0.25) is 0 Å². The first-order chi connectivity index (χ1) is 16.5. The quantitative estimate of drug-likeness (QED) is 0.425. The van der Waals surface area contributed by atoms with Gasteiger partial charge in [0, 0.05) is 5.69 Å². The lowest BCUT2D eigenvalue weighted by Crippen LogP contribution is -2.55. The lowest BCUT2D eigenvalue weighted by atomic mass is 9.92. The first-order valence-electron chi connectivity index (χ1n) is 11.4. The first-order valence-corrected chi connectivity index (χ1v) is 11.4. The number of aliphatic hydroxyl groups is 1. The molecule has 2 N–H and O–H groups in total. The van der Waals surface area contributed by atoms with Crippen molar-refractivity contribution in [1.29, 1.82) is 0 Å². The van der Waals surface area contributed by atoms with E-state index in [0.717, 1.165) is 5.69 Å². The van der Waals surface area contributed by atoms with Crippen molar-refractivity contribution in [3.63, 3.8) is 0 Å². The molecule has 5 rings (SSSR count). The second-order valence-corrected chi connectivity index (χ2v) is 8.95. The van der Waals surface area contributed by atoms with Crippen LogP contribution in [0.4, 0.5) is 11.4 Å². The molecule has 4 atom stereocenters. The van der Waals surface area contributed by atoms with Gasteiger partial charge in [-0.05, 0) is 47.9 Å². The van der Waals surface area contributed by atoms with Crippen LogP contribution in [0.5, 0.6) is 0 Å². The molecular formula is C27H27N3O4. The molecule has 0 bridgehead atoms. The third-order valence-electron chi connectivity index (χ3n) is 6.46. The number of nitrogens with zero attached hydrogens (tertiary/aromatic N) is 2. The number of nitrogens with one attached hydrogen (secondary N) is 1. The Labute approximate surface area is 198 Å². The average Bonchev–Trinajstić information content (AvgIpc) is 3.47. The van der Waals surface area contributed by atoms with Gasteiger partial charge in [-0.15, -0.1) is 0 Å². The maximum Gasteiger partial charge on any atom is 0.254 e. The van der Waals surface area contributed by atoms with Crippen molar-refractivity contribution in [2.75, 3.05) is 10.3 Å². The van der Waals surface area contributed by atoms with Crippen LogP contribution in [-0.2, 0) is 9.59 Å². The first kappa shape index (κ1) is 22.1. The number of amides is 2. The molecule has 0 aliphatic carbocycles. The molecule has 1 fully saturated rings. The van der Waals surface area contributed by atoms with Crippen LogP contribution >= 0.6 is 0 Å². The van der Waals surface area contributed by atoms with Gasteiger partial charge in [-0.2, -0.15) is 0 Å². The van der Waals surface area contributed by atoms with Crippen LogP contribution < -0.4 is 10.3 Å². The van der Waals surface area contributed by atoms with Crippen LogP contribution in [0.25, 0.3) is 0 Å². The highest BCUT2D eigenvalue weighted by Crippen LogP contribution is 2.38. The molecule has 4 unspecified atom stereocenters. The fraction of sp³-hybridized carbons (Fsp3) is 0.259. The Morgan fingerprint density at radius 3 is 2.29 bits per heavy atom.